The van der Waals surface area contributed by atoms with Crippen molar-refractivity contribution < 1.29 is 0 Å². The molecule has 2 nitrogen and oxygen atoms in total. The van der Waals surface area contributed by atoms with Crippen molar-refractivity contribution in [3.05, 3.63) is 200 Å². The Hall–Kier alpha value is -6.42. The molecule has 0 aliphatic rings. The first-order chi connectivity index (χ1) is 26.4. The van der Waals surface area contributed by atoms with Crippen LogP contribution in [0.1, 0.15) is 0 Å². The Morgan fingerprint density at radius 1 is 0.352 bits per heavy atom. The number of hydrogen-bond acceptors (Lipinski definition) is 1. The summed E-state index contributed by atoms with van der Waals surface area (Å²) >= 11 is 0. The van der Waals surface area contributed by atoms with Gasteiger partial charge >= 0.3 is 0 Å². The lowest BCUT2D eigenvalue weighted by molar-refractivity contribution is 1.18. The first-order valence-corrected chi connectivity index (χ1v) is 22.3. The molecule has 0 bridgehead atoms. The van der Waals surface area contributed by atoms with Crippen LogP contribution in [0.15, 0.2) is 200 Å². The monoisotopic (exact) mass is 710 g/mol. The number of nitrogens with zero attached hydrogens (tertiary/aromatic N) is 2. The van der Waals surface area contributed by atoms with Gasteiger partial charge in [-0.05, 0) is 100 Å². The van der Waals surface area contributed by atoms with Crippen molar-refractivity contribution in [2.45, 2.75) is 19.6 Å². The molecule has 0 aliphatic heterocycles. The third kappa shape index (κ3) is 6.33. The fourth-order valence-corrected chi connectivity index (χ4v) is 8.83. The van der Waals surface area contributed by atoms with Crippen molar-refractivity contribution in [3.8, 4) is 39.1 Å². The largest absolute Gasteiger partial charge is 0.311 e. The number of aromatic nitrogens is 1. The second-order valence-electron chi connectivity index (χ2n) is 15.1. The second-order valence-corrected chi connectivity index (χ2v) is 20.2. The van der Waals surface area contributed by atoms with Crippen molar-refractivity contribution in [1.29, 1.82) is 0 Å². The van der Waals surface area contributed by atoms with Crippen molar-refractivity contribution in [1.82, 2.24) is 4.57 Å². The molecule has 260 valence electrons. The lowest BCUT2D eigenvalue weighted by atomic mass is 10.0. The fourth-order valence-electron chi connectivity index (χ4n) is 7.66. The van der Waals surface area contributed by atoms with Crippen LogP contribution in [0, 0.1) is 0 Å². The Morgan fingerprint density at radius 3 is 1.26 bits per heavy atom. The fraction of sp³-hybridized carbons (Fsp3) is 0.0588. The Balaban J connectivity index is 1.09. The van der Waals surface area contributed by atoms with Crippen LogP contribution in [0.5, 0.6) is 0 Å². The van der Waals surface area contributed by atoms with Gasteiger partial charge < -0.3 is 9.47 Å². The van der Waals surface area contributed by atoms with Gasteiger partial charge in [0.1, 0.15) is 0 Å². The molecule has 0 atom stereocenters. The van der Waals surface area contributed by atoms with Gasteiger partial charge in [-0.2, -0.15) is 0 Å². The highest BCUT2D eigenvalue weighted by molar-refractivity contribution is 6.88. The molecular weight excluding hydrogens is 669 g/mol. The van der Waals surface area contributed by atoms with Crippen LogP contribution in [-0.4, -0.2) is 12.6 Å². The maximum atomic E-state index is 2.41. The molecule has 0 unspecified atom stereocenters. The zero-order valence-corrected chi connectivity index (χ0v) is 31.9. The van der Waals surface area contributed by atoms with E-state index in [1.165, 1.54) is 66.1 Å². The quantitative estimate of drug-likeness (QED) is 0.143. The standard InChI is InChI=1S/C51H42N2Si/c1-54(2,3)47-33-31-46(32-34-47)53-50-17-11-10-16-48(50)49-36-42(24-35-51(49)53)41-22-29-45(30-23-41)52(43-25-18-39(19-26-43)37-12-6-4-7-13-37)44-27-20-40(21-28-44)38-14-8-5-9-15-38/h4-36H,1-3H3. The van der Waals surface area contributed by atoms with Crippen LogP contribution >= 0.6 is 0 Å². The van der Waals surface area contributed by atoms with E-state index in [1.807, 2.05) is 0 Å². The highest BCUT2D eigenvalue weighted by atomic mass is 28.3. The highest BCUT2D eigenvalue weighted by Gasteiger charge is 2.18. The highest BCUT2D eigenvalue weighted by Crippen LogP contribution is 2.39. The van der Waals surface area contributed by atoms with Gasteiger partial charge in [0.05, 0.1) is 19.1 Å². The Labute approximate surface area is 319 Å². The van der Waals surface area contributed by atoms with Gasteiger partial charge in [-0.15, -0.1) is 0 Å². The van der Waals surface area contributed by atoms with E-state index in [-0.39, 0.29) is 0 Å². The summed E-state index contributed by atoms with van der Waals surface area (Å²) in [6.07, 6.45) is 0. The smallest absolute Gasteiger partial charge is 0.0775 e. The predicted molar refractivity (Wildman–Crippen MR) is 235 cm³/mol. The minimum atomic E-state index is -1.39. The molecule has 0 spiro atoms. The van der Waals surface area contributed by atoms with E-state index in [0.29, 0.717) is 0 Å². The van der Waals surface area contributed by atoms with Gasteiger partial charge in [0.15, 0.2) is 0 Å². The number of benzene rings is 8. The third-order valence-corrected chi connectivity index (χ3v) is 12.7. The van der Waals surface area contributed by atoms with Crippen LogP contribution in [-0.2, 0) is 0 Å². The van der Waals surface area contributed by atoms with E-state index in [2.05, 4.69) is 229 Å². The molecule has 0 saturated carbocycles. The summed E-state index contributed by atoms with van der Waals surface area (Å²) in [5.41, 5.74) is 14.2. The van der Waals surface area contributed by atoms with Crippen molar-refractivity contribution in [2.24, 2.45) is 0 Å². The summed E-state index contributed by atoms with van der Waals surface area (Å²) in [7, 11) is -1.39. The summed E-state index contributed by atoms with van der Waals surface area (Å²) in [5.74, 6) is 0. The normalized spacial score (nSPS) is 11.6. The van der Waals surface area contributed by atoms with Crippen molar-refractivity contribution in [3.63, 3.8) is 0 Å². The summed E-state index contributed by atoms with van der Waals surface area (Å²) in [6.45, 7) is 7.21. The topological polar surface area (TPSA) is 8.17 Å². The zero-order valence-electron chi connectivity index (χ0n) is 30.9. The van der Waals surface area contributed by atoms with Crippen LogP contribution in [0.2, 0.25) is 19.6 Å². The zero-order chi connectivity index (χ0) is 36.6. The number of para-hydroxylation sites is 1. The van der Waals surface area contributed by atoms with Gasteiger partial charge in [-0.1, -0.05) is 158 Å². The molecule has 54 heavy (non-hydrogen) atoms. The molecule has 0 aliphatic carbocycles. The molecule has 0 amide bonds. The van der Waals surface area contributed by atoms with Gasteiger partial charge in [-0.3, -0.25) is 0 Å². The number of rotatable bonds is 8. The van der Waals surface area contributed by atoms with Gasteiger partial charge in [-0.25, -0.2) is 0 Å². The van der Waals surface area contributed by atoms with Crippen LogP contribution < -0.4 is 10.1 Å². The van der Waals surface area contributed by atoms with E-state index < -0.39 is 8.07 Å². The molecule has 0 radical (unpaired) electrons. The first-order valence-electron chi connectivity index (χ1n) is 18.8. The average Bonchev–Trinajstić information content (AvgIpc) is 3.56. The molecule has 0 N–H and O–H groups in total. The Bertz CT molecular complexity index is 2600. The van der Waals surface area contributed by atoms with Crippen LogP contribution in [0.3, 0.4) is 0 Å². The number of hydrogen-bond donors (Lipinski definition) is 0. The predicted octanol–water partition coefficient (Wildman–Crippen LogP) is 13.8. The van der Waals surface area contributed by atoms with Gasteiger partial charge in [0.2, 0.25) is 0 Å². The average molecular weight is 711 g/mol. The first kappa shape index (κ1) is 33.4. The Morgan fingerprint density at radius 2 is 0.759 bits per heavy atom. The van der Waals surface area contributed by atoms with E-state index in [1.54, 1.807) is 0 Å². The van der Waals surface area contributed by atoms with Gasteiger partial charge in [0.25, 0.3) is 0 Å². The van der Waals surface area contributed by atoms with E-state index >= 15 is 0 Å². The van der Waals surface area contributed by atoms with E-state index in [0.717, 1.165) is 17.1 Å². The number of anilines is 3. The number of fused-ring (bicyclic) bond motifs is 3. The third-order valence-electron chi connectivity index (χ3n) is 10.6. The van der Waals surface area contributed by atoms with Crippen LogP contribution in [0.4, 0.5) is 17.1 Å². The van der Waals surface area contributed by atoms with Crippen molar-refractivity contribution >= 4 is 52.1 Å². The summed E-state index contributed by atoms with van der Waals surface area (Å²) < 4.78 is 2.41. The van der Waals surface area contributed by atoms with E-state index in [9.17, 15) is 0 Å². The molecule has 9 aromatic rings. The molecular formula is C51H42N2Si. The molecule has 0 saturated heterocycles. The Kier molecular flexibility index (Phi) is 8.57. The van der Waals surface area contributed by atoms with Crippen LogP contribution in [0.25, 0.3) is 60.9 Å². The molecule has 1 aromatic heterocycles. The summed E-state index contributed by atoms with van der Waals surface area (Å²) in [6, 6.07) is 72.9. The molecule has 9 rings (SSSR count). The summed E-state index contributed by atoms with van der Waals surface area (Å²) in [5, 5.41) is 4.01. The minimum Gasteiger partial charge on any atom is -0.311 e. The molecule has 0 fully saturated rings. The summed E-state index contributed by atoms with van der Waals surface area (Å²) in [4.78, 5) is 2.34. The van der Waals surface area contributed by atoms with E-state index in [4.69, 9.17) is 0 Å². The maximum Gasteiger partial charge on any atom is 0.0775 e. The maximum absolute atomic E-state index is 2.41. The SMILES string of the molecule is C[Si](C)(C)c1ccc(-n2c3ccccc3c3cc(-c4ccc(N(c5ccc(-c6ccccc6)cc5)c5ccc(-c6ccccc6)cc5)cc4)ccc32)cc1. The lowest BCUT2D eigenvalue weighted by Crippen LogP contribution is -2.37. The molecule has 8 aromatic carbocycles. The van der Waals surface area contributed by atoms with Crippen molar-refractivity contribution in [2.75, 3.05) is 4.90 Å². The second kappa shape index (κ2) is 13.9. The van der Waals surface area contributed by atoms with Gasteiger partial charge in [0, 0.05) is 33.5 Å². The lowest BCUT2D eigenvalue weighted by Gasteiger charge is -2.26. The molecule has 1 heterocycles. The molecule has 3 heteroatoms. The minimum absolute atomic E-state index is 1.11.